The van der Waals surface area contributed by atoms with Gasteiger partial charge in [-0.15, -0.1) is 0 Å². The fourth-order valence-electron chi connectivity index (χ4n) is 2.58. The second-order valence-corrected chi connectivity index (χ2v) is 7.64. The first-order chi connectivity index (χ1) is 11.3. The average molecular weight is 351 g/mol. The predicted octanol–water partition coefficient (Wildman–Crippen LogP) is 2.63. The van der Waals surface area contributed by atoms with Crippen LogP contribution in [0.3, 0.4) is 0 Å². The normalized spacial score (nSPS) is 13.2. The summed E-state index contributed by atoms with van der Waals surface area (Å²) in [6.07, 6.45) is 0.211. The van der Waals surface area contributed by atoms with Gasteiger partial charge >= 0.3 is 5.97 Å². The molecule has 2 N–H and O–H groups in total. The molecule has 0 aromatic heterocycles. The Balaban J connectivity index is 2.50. The van der Waals surface area contributed by atoms with E-state index in [1.54, 1.807) is 30.3 Å². The third-order valence-electron chi connectivity index (χ3n) is 3.66. The zero-order valence-electron chi connectivity index (χ0n) is 13.8. The number of benzene rings is 2. The lowest BCUT2D eigenvalue weighted by Crippen LogP contribution is -2.41. The van der Waals surface area contributed by atoms with Gasteiger partial charge in [0, 0.05) is 10.8 Å². The van der Waals surface area contributed by atoms with Crippen LogP contribution in [0.25, 0.3) is 10.8 Å². The summed E-state index contributed by atoms with van der Waals surface area (Å²) >= 11 is 0. The minimum absolute atomic E-state index is 0.0360. The van der Waals surface area contributed by atoms with Crippen LogP contribution in [0.2, 0.25) is 0 Å². The molecule has 2 aromatic rings. The molecule has 0 radical (unpaired) electrons. The third-order valence-corrected chi connectivity index (χ3v) is 5.19. The summed E-state index contributed by atoms with van der Waals surface area (Å²) < 4.78 is 33.0. The number of carboxylic acids is 1. The van der Waals surface area contributed by atoms with Crippen molar-refractivity contribution in [3.63, 3.8) is 0 Å². The van der Waals surface area contributed by atoms with E-state index in [0.717, 1.165) is 0 Å². The zero-order chi connectivity index (χ0) is 17.9. The van der Waals surface area contributed by atoms with Crippen LogP contribution in [0.1, 0.15) is 20.3 Å². The van der Waals surface area contributed by atoms with Crippen LogP contribution >= 0.6 is 0 Å². The van der Waals surface area contributed by atoms with Crippen LogP contribution in [-0.4, -0.2) is 32.6 Å². The molecular weight excluding hydrogens is 330 g/mol. The van der Waals surface area contributed by atoms with Crippen molar-refractivity contribution < 1.29 is 23.1 Å². The number of ether oxygens (including phenoxy) is 1. The minimum Gasteiger partial charge on any atom is -0.496 e. The van der Waals surface area contributed by atoms with Gasteiger partial charge in [-0.3, -0.25) is 4.79 Å². The molecule has 1 atom stereocenters. The lowest BCUT2D eigenvalue weighted by molar-refractivity contribution is -0.139. The largest absolute Gasteiger partial charge is 0.496 e. The molecule has 130 valence electrons. The van der Waals surface area contributed by atoms with Crippen molar-refractivity contribution in [3.05, 3.63) is 36.4 Å². The molecule has 0 spiro atoms. The van der Waals surface area contributed by atoms with Crippen LogP contribution in [0.4, 0.5) is 0 Å². The van der Waals surface area contributed by atoms with Crippen LogP contribution in [-0.2, 0) is 14.8 Å². The van der Waals surface area contributed by atoms with E-state index >= 15 is 0 Å². The number of hydrogen-bond donors (Lipinski definition) is 2. The van der Waals surface area contributed by atoms with E-state index in [1.807, 2.05) is 13.8 Å². The fraction of sp³-hybridized carbons (Fsp3) is 0.353. The number of fused-ring (bicyclic) bond motifs is 1. The summed E-state index contributed by atoms with van der Waals surface area (Å²) in [5, 5.41) is 10.4. The molecule has 0 bridgehead atoms. The Bertz CT molecular complexity index is 845. The standard InChI is InChI=1S/C17H21NO5S/c1-11(2)10-14(17(19)20)18-24(21,22)16-9-8-15(23-3)12-6-4-5-7-13(12)16/h4-9,11,14,18H,10H2,1-3H3,(H,19,20)/t14-/m1/s1. The maximum Gasteiger partial charge on any atom is 0.321 e. The molecular formula is C17H21NO5S. The van der Waals surface area contributed by atoms with Gasteiger partial charge in [0.2, 0.25) is 10.0 Å². The molecule has 0 aliphatic carbocycles. The van der Waals surface area contributed by atoms with Gasteiger partial charge in [-0.2, -0.15) is 4.72 Å². The van der Waals surface area contributed by atoms with Crippen molar-refractivity contribution in [3.8, 4) is 5.75 Å². The Hall–Kier alpha value is -2.12. The Morgan fingerprint density at radius 3 is 2.33 bits per heavy atom. The quantitative estimate of drug-likeness (QED) is 0.800. The van der Waals surface area contributed by atoms with E-state index in [-0.39, 0.29) is 17.2 Å². The summed E-state index contributed by atoms with van der Waals surface area (Å²) in [6.45, 7) is 3.68. The Labute approximate surface area is 141 Å². The number of rotatable bonds is 7. The van der Waals surface area contributed by atoms with Gasteiger partial charge in [-0.1, -0.05) is 38.1 Å². The number of sulfonamides is 1. The molecule has 0 unspecified atom stereocenters. The van der Waals surface area contributed by atoms with Gasteiger partial charge in [0.15, 0.2) is 0 Å². The summed E-state index contributed by atoms with van der Waals surface area (Å²) in [5.74, 6) is -0.590. The number of nitrogens with one attached hydrogen (secondary N) is 1. The molecule has 0 aliphatic rings. The Morgan fingerprint density at radius 1 is 1.17 bits per heavy atom. The highest BCUT2D eigenvalue weighted by molar-refractivity contribution is 7.89. The number of hydrogen-bond acceptors (Lipinski definition) is 4. The zero-order valence-corrected chi connectivity index (χ0v) is 14.6. The topological polar surface area (TPSA) is 92.7 Å². The molecule has 0 amide bonds. The molecule has 0 saturated heterocycles. The summed E-state index contributed by atoms with van der Waals surface area (Å²) in [4.78, 5) is 11.4. The smallest absolute Gasteiger partial charge is 0.321 e. The second kappa shape index (κ2) is 7.19. The highest BCUT2D eigenvalue weighted by Crippen LogP contribution is 2.31. The highest BCUT2D eigenvalue weighted by atomic mass is 32.2. The molecule has 0 aliphatic heterocycles. The van der Waals surface area contributed by atoms with Crippen molar-refractivity contribution >= 4 is 26.8 Å². The first kappa shape index (κ1) is 18.2. The van der Waals surface area contributed by atoms with Gasteiger partial charge in [-0.25, -0.2) is 8.42 Å². The Morgan fingerprint density at radius 2 is 1.79 bits per heavy atom. The van der Waals surface area contributed by atoms with Crippen LogP contribution in [0.5, 0.6) is 5.75 Å². The van der Waals surface area contributed by atoms with Crippen LogP contribution < -0.4 is 9.46 Å². The molecule has 7 heteroatoms. The molecule has 2 aromatic carbocycles. The van der Waals surface area contributed by atoms with Gasteiger partial charge in [-0.05, 0) is 24.5 Å². The van der Waals surface area contributed by atoms with E-state index in [4.69, 9.17) is 4.74 Å². The Kier molecular flexibility index (Phi) is 5.46. The third kappa shape index (κ3) is 3.85. The van der Waals surface area contributed by atoms with Crippen molar-refractivity contribution in [1.29, 1.82) is 0 Å². The molecule has 2 rings (SSSR count). The molecule has 24 heavy (non-hydrogen) atoms. The fourth-order valence-corrected chi connectivity index (χ4v) is 3.99. The van der Waals surface area contributed by atoms with E-state index in [0.29, 0.717) is 16.5 Å². The van der Waals surface area contributed by atoms with Crippen LogP contribution in [0.15, 0.2) is 41.3 Å². The summed E-state index contributed by atoms with van der Waals surface area (Å²) in [5.41, 5.74) is 0. The molecule has 0 heterocycles. The van der Waals surface area contributed by atoms with Gasteiger partial charge in [0.1, 0.15) is 11.8 Å². The van der Waals surface area contributed by atoms with Gasteiger partial charge in [0.25, 0.3) is 0 Å². The average Bonchev–Trinajstić information content (AvgIpc) is 2.52. The summed E-state index contributed by atoms with van der Waals surface area (Å²) in [6, 6.07) is 8.76. The number of carboxylic acid groups (broad SMARTS) is 1. The monoisotopic (exact) mass is 351 g/mol. The van der Waals surface area contributed by atoms with E-state index in [1.165, 1.54) is 13.2 Å². The van der Waals surface area contributed by atoms with Crippen LogP contribution in [0, 0.1) is 5.92 Å². The first-order valence-electron chi connectivity index (χ1n) is 7.57. The van der Waals surface area contributed by atoms with E-state index in [2.05, 4.69) is 4.72 Å². The maximum atomic E-state index is 12.7. The minimum atomic E-state index is -3.99. The first-order valence-corrected chi connectivity index (χ1v) is 9.05. The number of carbonyl (C=O) groups is 1. The molecule has 0 saturated carbocycles. The SMILES string of the molecule is COc1ccc(S(=O)(=O)N[C@H](CC(C)C)C(=O)O)c2ccccc12. The second-order valence-electron chi connectivity index (χ2n) is 5.95. The molecule has 6 nitrogen and oxygen atoms in total. The number of methoxy groups -OCH3 is 1. The molecule has 0 fully saturated rings. The lowest BCUT2D eigenvalue weighted by Gasteiger charge is -2.18. The summed E-state index contributed by atoms with van der Waals surface area (Å²) in [7, 11) is -2.48. The highest BCUT2D eigenvalue weighted by Gasteiger charge is 2.27. The van der Waals surface area contributed by atoms with Crippen molar-refractivity contribution in [2.75, 3.05) is 7.11 Å². The van der Waals surface area contributed by atoms with E-state index in [9.17, 15) is 18.3 Å². The number of aliphatic carboxylic acids is 1. The van der Waals surface area contributed by atoms with Gasteiger partial charge in [0.05, 0.1) is 12.0 Å². The van der Waals surface area contributed by atoms with Gasteiger partial charge < -0.3 is 9.84 Å². The predicted molar refractivity (Wildman–Crippen MR) is 91.7 cm³/mol. The van der Waals surface area contributed by atoms with Crippen molar-refractivity contribution in [2.45, 2.75) is 31.2 Å². The van der Waals surface area contributed by atoms with Crippen molar-refractivity contribution in [2.24, 2.45) is 5.92 Å². The van der Waals surface area contributed by atoms with Crippen molar-refractivity contribution in [1.82, 2.24) is 4.72 Å². The maximum absolute atomic E-state index is 12.7. The lowest BCUT2D eigenvalue weighted by atomic mass is 10.1. The van der Waals surface area contributed by atoms with E-state index < -0.39 is 22.0 Å².